The van der Waals surface area contributed by atoms with Crippen LogP contribution in [0.4, 0.5) is 0 Å². The van der Waals surface area contributed by atoms with Crippen molar-refractivity contribution in [1.29, 1.82) is 0 Å². The van der Waals surface area contributed by atoms with Gasteiger partial charge in [0, 0.05) is 25.7 Å². The Morgan fingerprint density at radius 1 is 1.04 bits per heavy atom. The molecule has 6 nitrogen and oxygen atoms in total. The summed E-state index contributed by atoms with van der Waals surface area (Å²) in [6, 6.07) is 17.3. The number of nitrogens with one attached hydrogen (secondary N) is 3. The largest absolute Gasteiger partial charge is 0.497 e. The van der Waals surface area contributed by atoms with Gasteiger partial charge >= 0.3 is 0 Å². The molecule has 6 heteroatoms. The second kappa shape index (κ2) is 10.1. The van der Waals surface area contributed by atoms with Gasteiger partial charge in [-0.05, 0) is 36.8 Å². The fourth-order valence-electron chi connectivity index (χ4n) is 2.43. The molecule has 0 bridgehead atoms. The molecule has 0 saturated heterocycles. The lowest BCUT2D eigenvalue weighted by atomic mass is 10.1. The van der Waals surface area contributed by atoms with E-state index in [-0.39, 0.29) is 11.9 Å². The van der Waals surface area contributed by atoms with Crippen molar-refractivity contribution >= 4 is 11.9 Å². The van der Waals surface area contributed by atoms with Gasteiger partial charge in [0.2, 0.25) is 0 Å². The SMILES string of the molecule is CN=C(NCCNC(=O)c1ccc(OC)cc1)NC(C)c1ccccc1. The van der Waals surface area contributed by atoms with E-state index in [1.807, 2.05) is 18.2 Å². The summed E-state index contributed by atoms with van der Waals surface area (Å²) in [4.78, 5) is 16.3. The van der Waals surface area contributed by atoms with Crippen LogP contribution >= 0.6 is 0 Å². The average molecular weight is 354 g/mol. The van der Waals surface area contributed by atoms with Crippen LogP contribution in [0.2, 0.25) is 0 Å². The molecule has 0 saturated carbocycles. The third kappa shape index (κ3) is 5.81. The fourth-order valence-corrected chi connectivity index (χ4v) is 2.43. The molecule has 0 aliphatic rings. The molecule has 0 aromatic heterocycles. The molecule has 3 N–H and O–H groups in total. The zero-order chi connectivity index (χ0) is 18.8. The summed E-state index contributed by atoms with van der Waals surface area (Å²) in [5.41, 5.74) is 1.79. The maximum atomic E-state index is 12.1. The molecular formula is C20H26N4O2. The highest BCUT2D eigenvalue weighted by Gasteiger charge is 2.08. The first-order chi connectivity index (χ1) is 12.6. The fraction of sp³-hybridized carbons (Fsp3) is 0.300. The lowest BCUT2D eigenvalue weighted by Crippen LogP contribution is -2.42. The first-order valence-electron chi connectivity index (χ1n) is 8.58. The average Bonchev–Trinajstić information content (AvgIpc) is 2.70. The number of methoxy groups -OCH3 is 1. The molecule has 0 aliphatic carbocycles. The minimum atomic E-state index is -0.116. The van der Waals surface area contributed by atoms with Crippen molar-refractivity contribution in [3.63, 3.8) is 0 Å². The zero-order valence-electron chi connectivity index (χ0n) is 15.5. The number of hydrogen-bond acceptors (Lipinski definition) is 3. The molecule has 0 radical (unpaired) electrons. The molecule has 138 valence electrons. The van der Waals surface area contributed by atoms with Crippen molar-refractivity contribution in [1.82, 2.24) is 16.0 Å². The third-order valence-corrected chi connectivity index (χ3v) is 3.93. The molecule has 2 aromatic rings. The Bertz CT molecular complexity index is 714. The standard InChI is InChI=1S/C20H26N4O2/c1-15(16-7-5-4-6-8-16)24-20(21-2)23-14-13-22-19(25)17-9-11-18(26-3)12-10-17/h4-12,15H,13-14H2,1-3H3,(H,22,25)(H2,21,23,24). The summed E-state index contributed by atoms with van der Waals surface area (Å²) in [5, 5.41) is 9.40. The first kappa shape index (κ1) is 19.3. The predicted molar refractivity (Wildman–Crippen MR) is 105 cm³/mol. The molecule has 2 rings (SSSR count). The van der Waals surface area contributed by atoms with Crippen LogP contribution in [-0.2, 0) is 0 Å². The highest BCUT2D eigenvalue weighted by atomic mass is 16.5. The van der Waals surface area contributed by atoms with Gasteiger partial charge in [0.1, 0.15) is 5.75 Å². The van der Waals surface area contributed by atoms with Gasteiger partial charge in [0.25, 0.3) is 5.91 Å². The maximum absolute atomic E-state index is 12.1. The van der Waals surface area contributed by atoms with Crippen molar-refractivity contribution in [2.75, 3.05) is 27.2 Å². The van der Waals surface area contributed by atoms with Crippen molar-refractivity contribution in [2.24, 2.45) is 4.99 Å². The van der Waals surface area contributed by atoms with Gasteiger partial charge in [-0.15, -0.1) is 0 Å². The second-order valence-corrected chi connectivity index (χ2v) is 5.76. The van der Waals surface area contributed by atoms with Crippen LogP contribution < -0.4 is 20.7 Å². The number of benzene rings is 2. The topological polar surface area (TPSA) is 74.8 Å². The van der Waals surface area contributed by atoms with Crippen LogP contribution in [0.5, 0.6) is 5.75 Å². The van der Waals surface area contributed by atoms with Crippen molar-refractivity contribution < 1.29 is 9.53 Å². The van der Waals surface area contributed by atoms with E-state index in [0.29, 0.717) is 24.6 Å². The van der Waals surface area contributed by atoms with Crippen LogP contribution in [-0.4, -0.2) is 39.1 Å². The molecule has 0 fully saturated rings. The summed E-state index contributed by atoms with van der Waals surface area (Å²) in [6.45, 7) is 3.14. The van der Waals surface area contributed by atoms with Crippen LogP contribution in [0.15, 0.2) is 59.6 Å². The monoisotopic (exact) mass is 354 g/mol. The number of guanidine groups is 1. The number of rotatable bonds is 7. The second-order valence-electron chi connectivity index (χ2n) is 5.76. The predicted octanol–water partition coefficient (Wildman–Crippen LogP) is 2.35. The quantitative estimate of drug-likeness (QED) is 0.405. The van der Waals surface area contributed by atoms with E-state index in [1.54, 1.807) is 38.4 Å². The summed E-state index contributed by atoms with van der Waals surface area (Å²) in [7, 11) is 3.32. The number of amides is 1. The molecule has 1 unspecified atom stereocenters. The summed E-state index contributed by atoms with van der Waals surface area (Å²) in [6.07, 6.45) is 0. The number of carbonyl (C=O) groups is 1. The lowest BCUT2D eigenvalue weighted by molar-refractivity contribution is 0.0954. The van der Waals surface area contributed by atoms with E-state index >= 15 is 0 Å². The van der Waals surface area contributed by atoms with Crippen LogP contribution in [0.1, 0.15) is 28.9 Å². The number of nitrogens with zero attached hydrogens (tertiary/aromatic N) is 1. The summed E-state index contributed by atoms with van der Waals surface area (Å²) in [5.74, 6) is 1.31. The minimum absolute atomic E-state index is 0.116. The third-order valence-electron chi connectivity index (χ3n) is 3.93. The molecular weight excluding hydrogens is 328 g/mol. The van der Waals surface area contributed by atoms with E-state index in [4.69, 9.17) is 4.74 Å². The van der Waals surface area contributed by atoms with Gasteiger partial charge in [-0.1, -0.05) is 30.3 Å². The minimum Gasteiger partial charge on any atom is -0.497 e. The van der Waals surface area contributed by atoms with E-state index in [1.165, 1.54) is 5.56 Å². The Labute approximate surface area is 154 Å². The van der Waals surface area contributed by atoms with Gasteiger partial charge in [-0.25, -0.2) is 0 Å². The molecule has 1 atom stereocenters. The van der Waals surface area contributed by atoms with Crippen molar-refractivity contribution in [2.45, 2.75) is 13.0 Å². The Morgan fingerprint density at radius 2 is 1.69 bits per heavy atom. The zero-order valence-corrected chi connectivity index (χ0v) is 15.5. The van der Waals surface area contributed by atoms with Crippen molar-refractivity contribution in [3.05, 3.63) is 65.7 Å². The highest BCUT2D eigenvalue weighted by Crippen LogP contribution is 2.11. The Hall–Kier alpha value is -3.02. The first-order valence-corrected chi connectivity index (χ1v) is 8.58. The van der Waals surface area contributed by atoms with Gasteiger partial charge in [0.15, 0.2) is 5.96 Å². The molecule has 26 heavy (non-hydrogen) atoms. The number of ether oxygens (including phenoxy) is 1. The van der Waals surface area contributed by atoms with E-state index < -0.39 is 0 Å². The number of hydrogen-bond donors (Lipinski definition) is 3. The van der Waals surface area contributed by atoms with Crippen LogP contribution in [0, 0.1) is 0 Å². The Morgan fingerprint density at radius 3 is 2.31 bits per heavy atom. The molecule has 0 heterocycles. The van der Waals surface area contributed by atoms with Crippen LogP contribution in [0.3, 0.4) is 0 Å². The van der Waals surface area contributed by atoms with Crippen LogP contribution in [0.25, 0.3) is 0 Å². The number of aliphatic imine (C=N–C) groups is 1. The molecule has 0 spiro atoms. The van der Waals surface area contributed by atoms with Gasteiger partial charge in [-0.2, -0.15) is 0 Å². The van der Waals surface area contributed by atoms with E-state index in [9.17, 15) is 4.79 Å². The smallest absolute Gasteiger partial charge is 0.251 e. The van der Waals surface area contributed by atoms with E-state index in [2.05, 4.69) is 40.0 Å². The van der Waals surface area contributed by atoms with E-state index in [0.717, 1.165) is 5.75 Å². The molecule has 1 amide bonds. The normalized spacial score (nSPS) is 12.2. The molecule has 0 aliphatic heterocycles. The highest BCUT2D eigenvalue weighted by molar-refractivity contribution is 5.94. The number of carbonyl (C=O) groups excluding carboxylic acids is 1. The van der Waals surface area contributed by atoms with Gasteiger partial charge in [0.05, 0.1) is 13.2 Å². The summed E-state index contributed by atoms with van der Waals surface area (Å²) < 4.78 is 5.09. The van der Waals surface area contributed by atoms with Gasteiger partial charge in [-0.3, -0.25) is 9.79 Å². The maximum Gasteiger partial charge on any atom is 0.251 e. The van der Waals surface area contributed by atoms with Crippen molar-refractivity contribution in [3.8, 4) is 5.75 Å². The Kier molecular flexibility index (Phi) is 7.49. The lowest BCUT2D eigenvalue weighted by Gasteiger charge is -2.18. The Balaban J connectivity index is 1.74. The van der Waals surface area contributed by atoms with Gasteiger partial charge < -0.3 is 20.7 Å². The molecule has 2 aromatic carbocycles. The summed E-state index contributed by atoms with van der Waals surface area (Å²) >= 11 is 0.